The van der Waals surface area contributed by atoms with E-state index in [1.807, 2.05) is 6.07 Å². The topological polar surface area (TPSA) is 21.3 Å². The fraction of sp³-hybridized carbons (Fsp3) is 0.667. The predicted molar refractivity (Wildman–Crippen MR) is 84.7 cm³/mol. The van der Waals surface area contributed by atoms with Crippen molar-refractivity contribution in [2.45, 2.75) is 58.1 Å². The average Bonchev–Trinajstić information content (AvgIpc) is 2.53. The summed E-state index contributed by atoms with van der Waals surface area (Å²) < 4.78 is 19.4. The highest BCUT2D eigenvalue weighted by molar-refractivity contribution is 5.16. The monoisotopic (exact) mass is 293 g/mol. The number of hydrogen-bond donors (Lipinski definition) is 1. The van der Waals surface area contributed by atoms with Crippen LogP contribution in [0.1, 0.15) is 51.0 Å². The van der Waals surface area contributed by atoms with Gasteiger partial charge in [0.25, 0.3) is 0 Å². The molecule has 118 valence electrons. The maximum Gasteiger partial charge on any atom is 0.128 e. The smallest absolute Gasteiger partial charge is 0.128 e. The summed E-state index contributed by atoms with van der Waals surface area (Å²) in [5.74, 6) is 0.541. The van der Waals surface area contributed by atoms with Gasteiger partial charge in [-0.1, -0.05) is 44.4 Å². The molecule has 1 N–H and O–H groups in total. The molecule has 2 rings (SSSR count). The summed E-state index contributed by atoms with van der Waals surface area (Å²) in [6.07, 6.45) is 7.77. The summed E-state index contributed by atoms with van der Waals surface area (Å²) >= 11 is 0. The number of ether oxygens (including phenoxy) is 1. The highest BCUT2D eigenvalue weighted by Gasteiger charge is 2.23. The van der Waals surface area contributed by atoms with E-state index in [4.69, 9.17) is 4.74 Å². The highest BCUT2D eigenvalue weighted by atomic mass is 19.1. The molecule has 0 saturated heterocycles. The van der Waals surface area contributed by atoms with Crippen LogP contribution >= 0.6 is 0 Å². The van der Waals surface area contributed by atoms with Crippen molar-refractivity contribution < 1.29 is 9.13 Å². The Kier molecular flexibility index (Phi) is 7.17. The second-order valence-corrected chi connectivity index (χ2v) is 6.07. The third-order valence-corrected chi connectivity index (χ3v) is 4.39. The Balaban J connectivity index is 1.82. The van der Waals surface area contributed by atoms with Gasteiger partial charge in [0.2, 0.25) is 0 Å². The molecule has 0 amide bonds. The van der Waals surface area contributed by atoms with Gasteiger partial charge < -0.3 is 10.1 Å². The van der Waals surface area contributed by atoms with Crippen LogP contribution in [0.25, 0.3) is 0 Å². The summed E-state index contributed by atoms with van der Waals surface area (Å²) in [4.78, 5) is 0. The minimum absolute atomic E-state index is 0.173. The zero-order chi connectivity index (χ0) is 14.9. The van der Waals surface area contributed by atoms with Gasteiger partial charge in [0.15, 0.2) is 0 Å². The van der Waals surface area contributed by atoms with Crippen LogP contribution in [-0.2, 0) is 11.3 Å². The van der Waals surface area contributed by atoms with Gasteiger partial charge >= 0.3 is 0 Å². The number of nitrogens with one attached hydrogen (secondary N) is 1. The number of halogens is 1. The van der Waals surface area contributed by atoms with Crippen LogP contribution in [0.4, 0.5) is 4.39 Å². The normalized spacial score (nSPS) is 17.8. The largest absolute Gasteiger partial charge is 0.375 e. The average molecular weight is 293 g/mol. The molecule has 1 atom stereocenters. The molecule has 2 nitrogen and oxygen atoms in total. The van der Waals surface area contributed by atoms with Crippen molar-refractivity contribution in [2.75, 3.05) is 13.2 Å². The molecule has 1 aliphatic rings. The van der Waals surface area contributed by atoms with Gasteiger partial charge in [-0.05, 0) is 37.8 Å². The van der Waals surface area contributed by atoms with Crippen molar-refractivity contribution in [3.05, 3.63) is 35.6 Å². The van der Waals surface area contributed by atoms with Crippen molar-refractivity contribution in [2.24, 2.45) is 5.92 Å². The van der Waals surface area contributed by atoms with Crippen molar-refractivity contribution in [3.8, 4) is 0 Å². The molecular weight excluding hydrogens is 265 g/mol. The van der Waals surface area contributed by atoms with E-state index in [1.165, 1.54) is 38.2 Å². The van der Waals surface area contributed by atoms with Gasteiger partial charge in [0, 0.05) is 11.6 Å². The first-order chi connectivity index (χ1) is 10.3. The van der Waals surface area contributed by atoms with Crippen LogP contribution in [0, 0.1) is 11.7 Å². The summed E-state index contributed by atoms with van der Waals surface area (Å²) in [6, 6.07) is 7.27. The van der Waals surface area contributed by atoms with Crippen molar-refractivity contribution >= 4 is 0 Å². The highest BCUT2D eigenvalue weighted by Crippen LogP contribution is 2.26. The van der Waals surface area contributed by atoms with Gasteiger partial charge in [0.05, 0.1) is 13.2 Å². The second kappa shape index (κ2) is 9.16. The summed E-state index contributed by atoms with van der Waals surface area (Å²) in [6.45, 7) is 4.26. The molecule has 1 unspecified atom stereocenters. The molecule has 0 aliphatic heterocycles. The van der Waals surface area contributed by atoms with Crippen molar-refractivity contribution in [3.63, 3.8) is 0 Å². The zero-order valence-electron chi connectivity index (χ0n) is 13.1. The third-order valence-electron chi connectivity index (χ3n) is 4.39. The Labute approximate surface area is 128 Å². The minimum atomic E-state index is -0.173. The van der Waals surface area contributed by atoms with Crippen LogP contribution < -0.4 is 5.32 Å². The molecule has 0 bridgehead atoms. The molecule has 1 saturated carbocycles. The standard InChI is InChI=1S/C18H28FNO/c1-2-12-20-18(15-8-4-3-5-9-15)14-21-13-16-10-6-7-11-17(16)19/h6-7,10-11,15,18,20H,2-5,8-9,12-14H2,1H3. The van der Waals surface area contributed by atoms with Gasteiger partial charge in [-0.15, -0.1) is 0 Å². The molecule has 0 heterocycles. The Morgan fingerprint density at radius 2 is 2.00 bits per heavy atom. The third kappa shape index (κ3) is 5.40. The van der Waals surface area contributed by atoms with Gasteiger partial charge in [-0.3, -0.25) is 0 Å². The molecule has 0 aromatic heterocycles. The van der Waals surface area contributed by atoms with Crippen LogP contribution in [0.2, 0.25) is 0 Å². The summed E-state index contributed by atoms with van der Waals surface area (Å²) in [5.41, 5.74) is 0.649. The van der Waals surface area contributed by atoms with E-state index in [-0.39, 0.29) is 5.82 Å². The quantitative estimate of drug-likeness (QED) is 0.772. The SMILES string of the molecule is CCCNC(COCc1ccccc1F)C1CCCCC1. The minimum Gasteiger partial charge on any atom is -0.375 e. The van der Waals surface area contributed by atoms with E-state index in [2.05, 4.69) is 12.2 Å². The lowest BCUT2D eigenvalue weighted by Crippen LogP contribution is -2.41. The maximum atomic E-state index is 13.6. The molecule has 1 aliphatic carbocycles. The lowest BCUT2D eigenvalue weighted by Gasteiger charge is -2.31. The summed E-state index contributed by atoms with van der Waals surface area (Å²) in [5, 5.41) is 3.62. The molecule has 0 spiro atoms. The maximum absolute atomic E-state index is 13.6. The lowest BCUT2D eigenvalue weighted by molar-refractivity contribution is 0.0722. The first kappa shape index (κ1) is 16.4. The Hall–Kier alpha value is -0.930. The van der Waals surface area contributed by atoms with Crippen LogP contribution in [0.15, 0.2) is 24.3 Å². The first-order valence-corrected chi connectivity index (χ1v) is 8.35. The van der Waals surface area contributed by atoms with Crippen molar-refractivity contribution in [1.82, 2.24) is 5.32 Å². The number of rotatable bonds is 8. The molecule has 0 radical (unpaired) electrons. The van der Waals surface area contributed by atoms with Gasteiger partial charge in [0.1, 0.15) is 5.82 Å². The summed E-state index contributed by atoms with van der Waals surface area (Å²) in [7, 11) is 0. The van der Waals surface area contributed by atoms with Gasteiger partial charge in [-0.25, -0.2) is 4.39 Å². The zero-order valence-corrected chi connectivity index (χ0v) is 13.1. The molecule has 21 heavy (non-hydrogen) atoms. The molecule has 1 aromatic rings. The van der Waals surface area contributed by atoms with Crippen LogP contribution in [0.3, 0.4) is 0 Å². The Morgan fingerprint density at radius 1 is 1.24 bits per heavy atom. The lowest BCUT2D eigenvalue weighted by atomic mass is 9.84. The van der Waals surface area contributed by atoms with E-state index in [9.17, 15) is 4.39 Å². The van der Waals surface area contributed by atoms with E-state index >= 15 is 0 Å². The fourth-order valence-corrected chi connectivity index (χ4v) is 3.14. The molecule has 3 heteroatoms. The number of hydrogen-bond acceptors (Lipinski definition) is 2. The molecule has 1 fully saturated rings. The Morgan fingerprint density at radius 3 is 2.71 bits per heavy atom. The molecular formula is C18H28FNO. The first-order valence-electron chi connectivity index (χ1n) is 8.35. The van der Waals surface area contributed by atoms with E-state index in [1.54, 1.807) is 12.1 Å². The fourth-order valence-electron chi connectivity index (χ4n) is 3.14. The van der Waals surface area contributed by atoms with Crippen LogP contribution in [-0.4, -0.2) is 19.2 Å². The van der Waals surface area contributed by atoms with Crippen molar-refractivity contribution in [1.29, 1.82) is 0 Å². The Bertz CT molecular complexity index is 404. The van der Waals surface area contributed by atoms with Gasteiger partial charge in [-0.2, -0.15) is 0 Å². The van der Waals surface area contributed by atoms with E-state index in [0.29, 0.717) is 30.7 Å². The van der Waals surface area contributed by atoms with Crippen LogP contribution in [0.5, 0.6) is 0 Å². The second-order valence-electron chi connectivity index (χ2n) is 6.07. The van der Waals surface area contributed by atoms with E-state index in [0.717, 1.165) is 13.0 Å². The number of benzene rings is 1. The predicted octanol–water partition coefficient (Wildman–Crippen LogP) is 4.29. The van der Waals surface area contributed by atoms with E-state index < -0.39 is 0 Å². The molecule has 1 aromatic carbocycles.